The molecule has 0 saturated heterocycles. The molecule has 4 heteroatoms. The molecule has 4 nitrogen and oxygen atoms in total. The molecule has 1 amide bonds. The normalized spacial score (nSPS) is 27.2. The van der Waals surface area contributed by atoms with E-state index in [0.717, 1.165) is 25.7 Å². The molecule has 0 radical (unpaired) electrons. The highest BCUT2D eigenvalue weighted by Crippen LogP contribution is 2.18. The van der Waals surface area contributed by atoms with Gasteiger partial charge in [-0.05, 0) is 33.6 Å². The third-order valence-corrected chi connectivity index (χ3v) is 2.43. The molecule has 1 fully saturated rings. The largest absolute Gasteiger partial charge is 0.444 e. The molecule has 0 heterocycles. The van der Waals surface area contributed by atoms with Crippen molar-refractivity contribution in [2.45, 2.75) is 64.2 Å². The summed E-state index contributed by atoms with van der Waals surface area (Å²) >= 11 is 0. The Balaban J connectivity index is 2.36. The molecular weight excluding hydrogens is 194 g/mol. The molecule has 0 aromatic heterocycles. The van der Waals surface area contributed by atoms with Crippen LogP contribution in [0.4, 0.5) is 4.79 Å². The summed E-state index contributed by atoms with van der Waals surface area (Å²) in [5.41, 5.74) is -0.482. The van der Waals surface area contributed by atoms with Gasteiger partial charge in [0.25, 0.3) is 0 Å². The second-order valence-electron chi connectivity index (χ2n) is 5.10. The third-order valence-electron chi connectivity index (χ3n) is 2.43. The van der Waals surface area contributed by atoms with Gasteiger partial charge >= 0.3 is 6.09 Å². The number of ether oxygens (including phenoxy) is 1. The van der Waals surface area contributed by atoms with Crippen molar-refractivity contribution in [3.8, 4) is 0 Å². The number of aliphatic hydroxyl groups is 1. The van der Waals surface area contributed by atoms with Gasteiger partial charge in [-0.2, -0.15) is 0 Å². The standard InChI is InChI=1S/C11H21NO3/c1-11(2,3)15-10(14)12-8-6-4-5-7-9(8)13/h8-9,13H,4-7H2,1-3H3,(H,12,14)/t8?,9-/m0/s1. The summed E-state index contributed by atoms with van der Waals surface area (Å²) < 4.78 is 5.13. The molecule has 2 atom stereocenters. The molecular formula is C11H21NO3. The number of alkyl carbamates (subject to hydrolysis) is 1. The van der Waals surface area contributed by atoms with Crippen LogP contribution in [0.2, 0.25) is 0 Å². The monoisotopic (exact) mass is 215 g/mol. The van der Waals surface area contributed by atoms with Crippen molar-refractivity contribution in [2.24, 2.45) is 0 Å². The van der Waals surface area contributed by atoms with Gasteiger partial charge in [0.05, 0.1) is 12.1 Å². The highest BCUT2D eigenvalue weighted by Gasteiger charge is 2.26. The van der Waals surface area contributed by atoms with Gasteiger partial charge in [0.1, 0.15) is 5.60 Å². The summed E-state index contributed by atoms with van der Waals surface area (Å²) in [5, 5.41) is 12.4. The average Bonchev–Trinajstić information content (AvgIpc) is 2.05. The maximum Gasteiger partial charge on any atom is 0.407 e. The van der Waals surface area contributed by atoms with Crippen molar-refractivity contribution in [3.05, 3.63) is 0 Å². The number of carbonyl (C=O) groups is 1. The maximum atomic E-state index is 11.4. The second kappa shape index (κ2) is 4.84. The fraction of sp³-hybridized carbons (Fsp3) is 0.909. The van der Waals surface area contributed by atoms with Crippen molar-refractivity contribution in [1.29, 1.82) is 0 Å². The van der Waals surface area contributed by atoms with Crippen LogP contribution in [0.15, 0.2) is 0 Å². The minimum Gasteiger partial charge on any atom is -0.444 e. The summed E-state index contributed by atoms with van der Waals surface area (Å²) in [4.78, 5) is 11.4. The topological polar surface area (TPSA) is 58.6 Å². The first-order valence-electron chi connectivity index (χ1n) is 5.56. The SMILES string of the molecule is CC(C)(C)OC(=O)NC1CCCC[C@@H]1O. The molecule has 0 spiro atoms. The summed E-state index contributed by atoms with van der Waals surface area (Å²) in [5.74, 6) is 0. The minimum atomic E-state index is -0.482. The summed E-state index contributed by atoms with van der Waals surface area (Å²) in [7, 11) is 0. The lowest BCUT2D eigenvalue weighted by Crippen LogP contribution is -2.46. The first kappa shape index (κ1) is 12.3. The Morgan fingerprint density at radius 2 is 1.93 bits per heavy atom. The Kier molecular flexibility index (Phi) is 3.97. The molecule has 1 saturated carbocycles. The van der Waals surface area contributed by atoms with Crippen LogP contribution < -0.4 is 5.32 Å². The first-order valence-corrected chi connectivity index (χ1v) is 5.56. The zero-order chi connectivity index (χ0) is 11.5. The highest BCUT2D eigenvalue weighted by atomic mass is 16.6. The van der Waals surface area contributed by atoms with Crippen LogP contribution in [0.1, 0.15) is 46.5 Å². The zero-order valence-electron chi connectivity index (χ0n) is 9.75. The average molecular weight is 215 g/mol. The molecule has 0 aromatic rings. The predicted molar refractivity (Wildman–Crippen MR) is 57.6 cm³/mol. The van der Waals surface area contributed by atoms with E-state index in [9.17, 15) is 9.90 Å². The van der Waals surface area contributed by atoms with E-state index in [1.165, 1.54) is 0 Å². The van der Waals surface area contributed by atoms with E-state index >= 15 is 0 Å². The van der Waals surface area contributed by atoms with Gasteiger partial charge in [-0.3, -0.25) is 0 Å². The van der Waals surface area contributed by atoms with Crippen molar-refractivity contribution < 1.29 is 14.6 Å². The van der Waals surface area contributed by atoms with Gasteiger partial charge < -0.3 is 15.2 Å². The lowest BCUT2D eigenvalue weighted by atomic mass is 9.93. The Hall–Kier alpha value is -0.770. The number of nitrogens with one attached hydrogen (secondary N) is 1. The Morgan fingerprint density at radius 1 is 1.33 bits per heavy atom. The molecule has 0 bridgehead atoms. The van der Waals surface area contributed by atoms with Crippen LogP contribution in [-0.4, -0.2) is 28.9 Å². The van der Waals surface area contributed by atoms with Crippen LogP contribution >= 0.6 is 0 Å². The van der Waals surface area contributed by atoms with Crippen molar-refractivity contribution in [1.82, 2.24) is 5.32 Å². The second-order valence-corrected chi connectivity index (χ2v) is 5.10. The molecule has 2 N–H and O–H groups in total. The van der Waals surface area contributed by atoms with Gasteiger partial charge in [-0.1, -0.05) is 12.8 Å². The van der Waals surface area contributed by atoms with E-state index in [0.29, 0.717) is 0 Å². The van der Waals surface area contributed by atoms with Gasteiger partial charge in [-0.25, -0.2) is 4.79 Å². The fourth-order valence-electron chi connectivity index (χ4n) is 1.74. The zero-order valence-corrected chi connectivity index (χ0v) is 9.75. The Morgan fingerprint density at radius 3 is 2.47 bits per heavy atom. The molecule has 0 aromatic carbocycles. The van der Waals surface area contributed by atoms with Crippen molar-refractivity contribution in [3.63, 3.8) is 0 Å². The molecule has 1 rings (SSSR count). The number of hydrogen-bond acceptors (Lipinski definition) is 3. The summed E-state index contributed by atoms with van der Waals surface area (Å²) in [6.45, 7) is 5.47. The quantitative estimate of drug-likeness (QED) is 0.701. The predicted octanol–water partition coefficient (Wildman–Crippen LogP) is 1.81. The van der Waals surface area contributed by atoms with Crippen LogP contribution in [0.25, 0.3) is 0 Å². The lowest BCUT2D eigenvalue weighted by molar-refractivity contribution is 0.0363. The fourth-order valence-corrected chi connectivity index (χ4v) is 1.74. The highest BCUT2D eigenvalue weighted by molar-refractivity contribution is 5.68. The maximum absolute atomic E-state index is 11.4. The van der Waals surface area contributed by atoms with E-state index in [4.69, 9.17) is 4.74 Å². The molecule has 15 heavy (non-hydrogen) atoms. The van der Waals surface area contributed by atoms with Gasteiger partial charge in [-0.15, -0.1) is 0 Å². The van der Waals surface area contributed by atoms with Crippen LogP contribution in [-0.2, 0) is 4.74 Å². The molecule has 1 aliphatic carbocycles. The van der Waals surface area contributed by atoms with E-state index < -0.39 is 17.8 Å². The van der Waals surface area contributed by atoms with E-state index in [1.807, 2.05) is 20.8 Å². The van der Waals surface area contributed by atoms with Crippen molar-refractivity contribution >= 4 is 6.09 Å². The van der Waals surface area contributed by atoms with Gasteiger partial charge in [0.2, 0.25) is 0 Å². The van der Waals surface area contributed by atoms with Gasteiger partial charge in [0, 0.05) is 0 Å². The van der Waals surface area contributed by atoms with Crippen LogP contribution in [0.5, 0.6) is 0 Å². The molecule has 0 aliphatic heterocycles. The number of rotatable bonds is 1. The lowest BCUT2D eigenvalue weighted by Gasteiger charge is -2.29. The number of amides is 1. The van der Waals surface area contributed by atoms with E-state index in [1.54, 1.807) is 0 Å². The Labute approximate surface area is 91.0 Å². The number of aliphatic hydroxyl groups excluding tert-OH is 1. The van der Waals surface area contributed by atoms with Crippen molar-refractivity contribution in [2.75, 3.05) is 0 Å². The Bertz CT molecular complexity index is 222. The summed E-state index contributed by atoms with van der Waals surface area (Å²) in [6, 6.07) is -0.145. The summed E-state index contributed by atoms with van der Waals surface area (Å²) in [6.07, 6.45) is 2.83. The van der Waals surface area contributed by atoms with Crippen LogP contribution in [0, 0.1) is 0 Å². The van der Waals surface area contributed by atoms with Gasteiger partial charge in [0.15, 0.2) is 0 Å². The molecule has 88 valence electrons. The van der Waals surface area contributed by atoms with Crippen LogP contribution in [0.3, 0.4) is 0 Å². The number of carbonyl (C=O) groups excluding carboxylic acids is 1. The molecule has 1 aliphatic rings. The third kappa shape index (κ3) is 4.51. The smallest absolute Gasteiger partial charge is 0.407 e. The first-order chi connectivity index (χ1) is 6.88. The van der Waals surface area contributed by atoms with E-state index in [2.05, 4.69) is 5.32 Å². The van der Waals surface area contributed by atoms with E-state index in [-0.39, 0.29) is 6.04 Å². The molecule has 1 unspecified atom stereocenters. The number of hydrogen-bond donors (Lipinski definition) is 2. The minimum absolute atomic E-state index is 0.145.